The highest BCUT2D eigenvalue weighted by atomic mass is 35.5. The zero-order chi connectivity index (χ0) is 17.1. The Morgan fingerprint density at radius 3 is 2.88 bits per heavy atom. The van der Waals surface area contributed by atoms with Crippen LogP contribution in [-0.4, -0.2) is 53.5 Å². The van der Waals surface area contributed by atoms with E-state index in [0.717, 1.165) is 0 Å². The van der Waals surface area contributed by atoms with Crippen molar-refractivity contribution in [2.45, 2.75) is 12.6 Å². The lowest BCUT2D eigenvalue weighted by molar-refractivity contribution is -0.0300. The minimum absolute atomic E-state index is 0. The van der Waals surface area contributed by atoms with E-state index < -0.39 is 0 Å². The number of nitrogen functional groups attached to an aromatic ring is 1. The molecule has 1 aromatic carbocycles. The number of hydrogen-bond donors (Lipinski definition) is 1. The molecule has 2 aromatic rings. The summed E-state index contributed by atoms with van der Waals surface area (Å²) in [5, 5.41) is 4.50. The molecule has 1 aromatic heterocycles. The molecule has 1 saturated heterocycles. The molecule has 0 spiro atoms. The molecule has 144 valence electrons. The lowest BCUT2D eigenvalue weighted by Crippen LogP contribution is -2.47. The Kier molecular flexibility index (Phi) is 8.49. The average Bonchev–Trinajstić information content (AvgIpc) is 3.09. The fraction of sp³-hybridized carbons (Fsp3) is 0.375. The Hall–Kier alpha value is -1.67. The summed E-state index contributed by atoms with van der Waals surface area (Å²) in [4.78, 5) is 14.6. The maximum Gasteiger partial charge on any atom is 0.257 e. The summed E-state index contributed by atoms with van der Waals surface area (Å²) in [6.07, 6.45) is 3.47. The van der Waals surface area contributed by atoms with Gasteiger partial charge in [0.1, 0.15) is 5.75 Å². The van der Waals surface area contributed by atoms with Gasteiger partial charge in [-0.05, 0) is 12.1 Å². The number of carbonyl (C=O) groups excluding carboxylic acids is 1. The van der Waals surface area contributed by atoms with Crippen LogP contribution in [0.15, 0.2) is 30.6 Å². The summed E-state index contributed by atoms with van der Waals surface area (Å²) >= 11 is 6.06. The van der Waals surface area contributed by atoms with E-state index in [4.69, 9.17) is 26.8 Å². The van der Waals surface area contributed by atoms with Gasteiger partial charge in [-0.2, -0.15) is 5.10 Å². The smallest absolute Gasteiger partial charge is 0.257 e. The minimum Gasteiger partial charge on any atom is -0.496 e. The van der Waals surface area contributed by atoms with Crippen molar-refractivity contribution in [3.05, 3.63) is 41.2 Å². The Morgan fingerprint density at radius 2 is 2.23 bits per heavy atom. The van der Waals surface area contributed by atoms with Crippen molar-refractivity contribution >= 4 is 48.0 Å². The molecule has 2 N–H and O–H groups in total. The van der Waals surface area contributed by atoms with E-state index in [1.807, 2.05) is 12.3 Å². The molecule has 26 heavy (non-hydrogen) atoms. The van der Waals surface area contributed by atoms with Crippen LogP contribution in [0, 0.1) is 0 Å². The van der Waals surface area contributed by atoms with Gasteiger partial charge in [0, 0.05) is 31.5 Å². The van der Waals surface area contributed by atoms with E-state index in [9.17, 15) is 4.79 Å². The van der Waals surface area contributed by atoms with Crippen LogP contribution in [0.4, 0.5) is 5.69 Å². The van der Waals surface area contributed by atoms with Gasteiger partial charge in [-0.3, -0.25) is 9.48 Å². The number of nitrogens with zero attached hydrogens (tertiary/aromatic N) is 3. The molecule has 7 nitrogen and oxygen atoms in total. The maximum absolute atomic E-state index is 12.9. The number of morpholine rings is 1. The minimum atomic E-state index is -0.150. The predicted molar refractivity (Wildman–Crippen MR) is 105 cm³/mol. The molecule has 0 radical (unpaired) electrons. The molecule has 0 saturated carbocycles. The first-order valence-electron chi connectivity index (χ1n) is 7.60. The number of hydrogen-bond acceptors (Lipinski definition) is 5. The number of rotatable bonds is 4. The second-order valence-corrected chi connectivity index (χ2v) is 5.95. The normalized spacial score (nSPS) is 16.4. The van der Waals surface area contributed by atoms with Crippen molar-refractivity contribution in [2.24, 2.45) is 0 Å². The zero-order valence-corrected chi connectivity index (χ0v) is 16.5. The number of amides is 1. The summed E-state index contributed by atoms with van der Waals surface area (Å²) in [5.41, 5.74) is 6.55. The largest absolute Gasteiger partial charge is 0.496 e. The van der Waals surface area contributed by atoms with Crippen LogP contribution in [0.25, 0.3) is 0 Å². The first kappa shape index (κ1) is 22.4. The second kappa shape index (κ2) is 9.87. The van der Waals surface area contributed by atoms with Crippen molar-refractivity contribution in [1.29, 1.82) is 0 Å². The van der Waals surface area contributed by atoms with Gasteiger partial charge in [0.25, 0.3) is 5.91 Å². The number of nitrogens with two attached hydrogens (primary N) is 1. The van der Waals surface area contributed by atoms with Crippen molar-refractivity contribution in [1.82, 2.24) is 14.7 Å². The van der Waals surface area contributed by atoms with Crippen molar-refractivity contribution in [3.8, 4) is 5.75 Å². The number of anilines is 1. The third-order valence-corrected chi connectivity index (χ3v) is 4.25. The topological polar surface area (TPSA) is 82.6 Å². The van der Waals surface area contributed by atoms with Crippen molar-refractivity contribution < 1.29 is 14.3 Å². The van der Waals surface area contributed by atoms with Gasteiger partial charge in [-0.1, -0.05) is 11.6 Å². The third-order valence-electron chi connectivity index (χ3n) is 3.93. The number of carbonyl (C=O) groups is 1. The molecule has 3 rings (SSSR count). The third kappa shape index (κ3) is 4.94. The van der Waals surface area contributed by atoms with Crippen LogP contribution in [0.2, 0.25) is 5.02 Å². The fourth-order valence-corrected chi connectivity index (χ4v) is 2.87. The van der Waals surface area contributed by atoms with Crippen LogP contribution in [0.3, 0.4) is 0 Å². The van der Waals surface area contributed by atoms with Gasteiger partial charge in [0.15, 0.2) is 0 Å². The van der Waals surface area contributed by atoms with E-state index in [1.165, 1.54) is 7.11 Å². The number of halogens is 3. The Labute approximate surface area is 169 Å². The number of benzene rings is 1. The second-order valence-electron chi connectivity index (χ2n) is 5.55. The monoisotopic (exact) mass is 422 g/mol. The molecule has 1 unspecified atom stereocenters. The molecule has 0 bridgehead atoms. The summed E-state index contributed by atoms with van der Waals surface area (Å²) in [7, 11) is 1.50. The highest BCUT2D eigenvalue weighted by molar-refractivity contribution is 6.33. The molecule has 1 fully saturated rings. The summed E-state index contributed by atoms with van der Waals surface area (Å²) in [6, 6.07) is 4.97. The lowest BCUT2D eigenvalue weighted by Gasteiger charge is -2.33. The molecule has 2 heterocycles. The number of ether oxygens (including phenoxy) is 2. The molecule has 0 aliphatic carbocycles. The molecular weight excluding hydrogens is 403 g/mol. The quantitative estimate of drug-likeness (QED) is 0.764. The van der Waals surface area contributed by atoms with Gasteiger partial charge >= 0.3 is 0 Å². The van der Waals surface area contributed by atoms with E-state index in [0.29, 0.717) is 48.3 Å². The van der Waals surface area contributed by atoms with E-state index in [2.05, 4.69) is 5.10 Å². The molecule has 1 amide bonds. The van der Waals surface area contributed by atoms with E-state index in [-0.39, 0.29) is 36.8 Å². The predicted octanol–water partition coefficient (Wildman–Crippen LogP) is 2.51. The summed E-state index contributed by atoms with van der Waals surface area (Å²) in [6.45, 7) is 2.06. The van der Waals surface area contributed by atoms with Crippen molar-refractivity contribution in [3.63, 3.8) is 0 Å². The summed E-state index contributed by atoms with van der Waals surface area (Å²) in [5.74, 6) is 0.263. The van der Waals surface area contributed by atoms with Gasteiger partial charge in [-0.25, -0.2) is 0 Å². The van der Waals surface area contributed by atoms with Crippen LogP contribution in [-0.2, 0) is 11.3 Å². The molecule has 1 aliphatic heterocycles. The average molecular weight is 424 g/mol. The molecule has 10 heteroatoms. The molecular formula is C16H21Cl3N4O3. The van der Waals surface area contributed by atoms with Crippen LogP contribution in [0.1, 0.15) is 10.4 Å². The lowest BCUT2D eigenvalue weighted by atomic mass is 10.1. The van der Waals surface area contributed by atoms with Gasteiger partial charge < -0.3 is 20.1 Å². The maximum atomic E-state index is 12.9. The Balaban J connectivity index is 0.00000169. The van der Waals surface area contributed by atoms with Crippen LogP contribution in [0.5, 0.6) is 5.75 Å². The Bertz CT molecular complexity index is 728. The first-order chi connectivity index (χ1) is 11.6. The standard InChI is InChI=1S/C16H19ClN4O3.2ClH/c1-23-15-8-14(18)13(17)7-12(15)16(22)20-5-6-24-11(9-20)10-21-4-2-3-19-21;;/h2-4,7-8,11H,5-6,9-10,18H2,1H3;2*1H. The summed E-state index contributed by atoms with van der Waals surface area (Å²) < 4.78 is 12.8. The van der Waals surface area contributed by atoms with E-state index >= 15 is 0 Å². The van der Waals surface area contributed by atoms with Crippen LogP contribution >= 0.6 is 36.4 Å². The highest BCUT2D eigenvalue weighted by Gasteiger charge is 2.27. The first-order valence-corrected chi connectivity index (χ1v) is 7.97. The number of aromatic nitrogens is 2. The van der Waals surface area contributed by atoms with Crippen LogP contribution < -0.4 is 10.5 Å². The highest BCUT2D eigenvalue weighted by Crippen LogP contribution is 2.30. The van der Waals surface area contributed by atoms with Crippen molar-refractivity contribution in [2.75, 3.05) is 32.5 Å². The molecule has 1 atom stereocenters. The SMILES string of the molecule is COc1cc(N)c(Cl)cc1C(=O)N1CCOC(Cn2cccn2)C1.Cl.Cl. The van der Waals surface area contributed by atoms with Gasteiger partial charge in [-0.15, -0.1) is 24.8 Å². The zero-order valence-electron chi connectivity index (χ0n) is 14.1. The van der Waals surface area contributed by atoms with E-state index in [1.54, 1.807) is 27.9 Å². The Morgan fingerprint density at radius 1 is 1.46 bits per heavy atom. The molecule has 1 aliphatic rings. The number of methoxy groups -OCH3 is 1. The fourth-order valence-electron chi connectivity index (χ4n) is 2.71. The van der Waals surface area contributed by atoms with Gasteiger partial charge in [0.2, 0.25) is 0 Å². The van der Waals surface area contributed by atoms with Gasteiger partial charge in [0.05, 0.1) is 42.6 Å².